The molecule has 1 aromatic carbocycles. The zero-order valence-electron chi connectivity index (χ0n) is 9.95. The summed E-state index contributed by atoms with van der Waals surface area (Å²) in [5, 5.41) is 10.8. The highest BCUT2D eigenvalue weighted by molar-refractivity contribution is 5.55. The molecule has 1 heterocycles. The maximum atomic E-state index is 11.6. The molecular formula is C12H12N4O3. The van der Waals surface area contributed by atoms with E-state index in [-0.39, 0.29) is 17.8 Å². The summed E-state index contributed by atoms with van der Waals surface area (Å²) in [5.41, 5.74) is 3.35. The first-order valence-electron chi connectivity index (χ1n) is 5.51. The average molecular weight is 260 g/mol. The smallest absolute Gasteiger partial charge is 0.269 e. The summed E-state index contributed by atoms with van der Waals surface area (Å²) in [4.78, 5) is 21.9. The summed E-state index contributed by atoms with van der Waals surface area (Å²) < 4.78 is 1.44. The number of rotatable bonds is 4. The quantitative estimate of drug-likeness (QED) is 0.486. The fraction of sp³-hybridized carbons (Fsp3) is 0.0833. The molecule has 2 rings (SSSR count). The van der Waals surface area contributed by atoms with E-state index in [0.717, 1.165) is 0 Å². The van der Waals surface area contributed by atoms with Crippen molar-refractivity contribution < 1.29 is 4.92 Å². The Balaban J connectivity index is 2.43. The molecule has 0 atom stereocenters. The Morgan fingerprint density at radius 1 is 1.32 bits per heavy atom. The van der Waals surface area contributed by atoms with E-state index in [4.69, 9.17) is 5.84 Å². The number of nitrogen functional groups attached to an aromatic ring is 1. The Hall–Kier alpha value is -2.67. The molecule has 0 unspecified atom stereocenters. The molecule has 0 saturated heterocycles. The fourth-order valence-corrected chi connectivity index (χ4v) is 1.74. The van der Waals surface area contributed by atoms with Crippen molar-refractivity contribution in [3.63, 3.8) is 0 Å². The van der Waals surface area contributed by atoms with Crippen LogP contribution in [-0.4, -0.2) is 9.49 Å². The monoisotopic (exact) mass is 260 g/mol. The van der Waals surface area contributed by atoms with Crippen LogP contribution in [0.15, 0.2) is 47.4 Å². The Labute approximate surface area is 108 Å². The van der Waals surface area contributed by atoms with Gasteiger partial charge >= 0.3 is 0 Å². The number of aromatic nitrogens is 1. The molecule has 0 spiro atoms. The number of nitrogens with one attached hydrogen (secondary N) is 1. The van der Waals surface area contributed by atoms with Gasteiger partial charge in [0.25, 0.3) is 11.2 Å². The summed E-state index contributed by atoms with van der Waals surface area (Å²) in [7, 11) is 0. The van der Waals surface area contributed by atoms with Crippen molar-refractivity contribution in [2.45, 2.75) is 6.54 Å². The van der Waals surface area contributed by atoms with Gasteiger partial charge in [0.05, 0.1) is 17.2 Å². The minimum absolute atomic E-state index is 0.0435. The van der Waals surface area contributed by atoms with Crippen LogP contribution >= 0.6 is 0 Å². The second kappa shape index (κ2) is 5.32. The summed E-state index contributed by atoms with van der Waals surface area (Å²) in [5.74, 6) is 5.36. The van der Waals surface area contributed by atoms with Crippen LogP contribution in [0, 0.1) is 10.1 Å². The lowest BCUT2D eigenvalue weighted by Crippen LogP contribution is -2.20. The summed E-state index contributed by atoms with van der Waals surface area (Å²) in [6, 6.07) is 9.04. The van der Waals surface area contributed by atoms with E-state index in [2.05, 4.69) is 5.43 Å². The van der Waals surface area contributed by atoms with Crippen LogP contribution in [0.3, 0.4) is 0 Å². The van der Waals surface area contributed by atoms with Gasteiger partial charge in [-0.05, 0) is 12.1 Å². The number of nitro benzene ring substituents is 1. The number of nitro groups is 1. The Bertz CT molecular complexity index is 666. The SMILES string of the molecule is NNc1ccc([N+](=O)[O-])cc1Cn1ccccc1=O. The summed E-state index contributed by atoms with van der Waals surface area (Å²) in [6.45, 7) is 0.209. The van der Waals surface area contributed by atoms with Crippen LogP contribution in [0.25, 0.3) is 0 Å². The molecule has 0 radical (unpaired) electrons. The molecule has 0 amide bonds. The molecule has 0 aliphatic heterocycles. The average Bonchev–Trinajstić information content (AvgIpc) is 2.41. The molecule has 0 aliphatic rings. The lowest BCUT2D eigenvalue weighted by molar-refractivity contribution is -0.384. The van der Waals surface area contributed by atoms with E-state index >= 15 is 0 Å². The Kier molecular flexibility index (Phi) is 3.58. The van der Waals surface area contributed by atoms with E-state index in [1.807, 2.05) is 0 Å². The summed E-state index contributed by atoms with van der Waals surface area (Å²) in [6.07, 6.45) is 1.61. The topological polar surface area (TPSA) is 103 Å². The highest BCUT2D eigenvalue weighted by atomic mass is 16.6. The van der Waals surface area contributed by atoms with Gasteiger partial charge in [-0.1, -0.05) is 6.07 Å². The molecule has 7 heteroatoms. The highest BCUT2D eigenvalue weighted by Crippen LogP contribution is 2.21. The molecule has 7 nitrogen and oxygen atoms in total. The van der Waals surface area contributed by atoms with E-state index < -0.39 is 4.92 Å². The van der Waals surface area contributed by atoms with E-state index in [1.165, 1.54) is 28.8 Å². The van der Waals surface area contributed by atoms with Crippen LogP contribution in [0.5, 0.6) is 0 Å². The van der Waals surface area contributed by atoms with E-state index in [1.54, 1.807) is 18.3 Å². The number of nitrogens with two attached hydrogens (primary N) is 1. The van der Waals surface area contributed by atoms with Gasteiger partial charge in [0.1, 0.15) is 0 Å². The van der Waals surface area contributed by atoms with Crippen molar-refractivity contribution in [3.05, 3.63) is 68.6 Å². The van der Waals surface area contributed by atoms with Crippen molar-refractivity contribution in [2.75, 3.05) is 5.43 Å². The second-order valence-electron chi connectivity index (χ2n) is 3.91. The normalized spacial score (nSPS) is 10.2. The number of non-ortho nitro benzene ring substituents is 1. The first-order valence-corrected chi connectivity index (χ1v) is 5.51. The molecule has 0 fully saturated rings. The third-order valence-corrected chi connectivity index (χ3v) is 2.69. The number of pyridine rings is 1. The van der Waals surface area contributed by atoms with Crippen molar-refractivity contribution in [1.29, 1.82) is 0 Å². The van der Waals surface area contributed by atoms with E-state index in [0.29, 0.717) is 11.3 Å². The van der Waals surface area contributed by atoms with Gasteiger partial charge in [0.15, 0.2) is 0 Å². The third kappa shape index (κ3) is 2.78. The number of nitrogens with zero attached hydrogens (tertiary/aromatic N) is 2. The molecule has 2 aromatic rings. The van der Waals surface area contributed by atoms with Crippen molar-refractivity contribution in [1.82, 2.24) is 4.57 Å². The second-order valence-corrected chi connectivity index (χ2v) is 3.91. The lowest BCUT2D eigenvalue weighted by atomic mass is 10.1. The Morgan fingerprint density at radius 3 is 2.74 bits per heavy atom. The van der Waals surface area contributed by atoms with Gasteiger partial charge in [-0.3, -0.25) is 20.8 Å². The van der Waals surface area contributed by atoms with E-state index in [9.17, 15) is 14.9 Å². The first-order chi connectivity index (χ1) is 9.11. The van der Waals surface area contributed by atoms with Crippen LogP contribution in [-0.2, 0) is 6.54 Å². The lowest BCUT2D eigenvalue weighted by Gasteiger charge is -2.10. The van der Waals surface area contributed by atoms with Crippen LogP contribution in [0.4, 0.5) is 11.4 Å². The highest BCUT2D eigenvalue weighted by Gasteiger charge is 2.11. The maximum Gasteiger partial charge on any atom is 0.269 e. The van der Waals surface area contributed by atoms with Crippen molar-refractivity contribution in [2.24, 2.45) is 5.84 Å². The predicted octanol–water partition coefficient (Wildman–Crippen LogP) is 1.09. The number of benzene rings is 1. The van der Waals surface area contributed by atoms with Crippen LogP contribution < -0.4 is 16.8 Å². The van der Waals surface area contributed by atoms with Crippen molar-refractivity contribution in [3.8, 4) is 0 Å². The fourth-order valence-electron chi connectivity index (χ4n) is 1.74. The molecular weight excluding hydrogens is 248 g/mol. The largest absolute Gasteiger partial charge is 0.324 e. The van der Waals surface area contributed by atoms with Gasteiger partial charge in [0, 0.05) is 30.0 Å². The zero-order chi connectivity index (χ0) is 13.8. The van der Waals surface area contributed by atoms with Gasteiger partial charge < -0.3 is 9.99 Å². The molecule has 0 bridgehead atoms. The minimum Gasteiger partial charge on any atom is -0.324 e. The molecule has 98 valence electrons. The number of hydrogen-bond donors (Lipinski definition) is 2. The number of hydrazine groups is 1. The first kappa shape index (κ1) is 12.8. The van der Waals surface area contributed by atoms with Crippen LogP contribution in [0.2, 0.25) is 0 Å². The van der Waals surface area contributed by atoms with Gasteiger partial charge in [-0.15, -0.1) is 0 Å². The standard InChI is InChI=1S/C12H12N4O3/c13-14-11-5-4-10(16(18)19)7-9(11)8-15-6-2-1-3-12(15)17/h1-7,14H,8,13H2. The predicted molar refractivity (Wildman–Crippen MR) is 70.7 cm³/mol. The molecule has 0 saturated carbocycles. The molecule has 3 N–H and O–H groups in total. The third-order valence-electron chi connectivity index (χ3n) is 2.69. The molecule has 19 heavy (non-hydrogen) atoms. The number of hydrogen-bond acceptors (Lipinski definition) is 5. The molecule has 0 aliphatic carbocycles. The molecule has 1 aromatic heterocycles. The van der Waals surface area contributed by atoms with Gasteiger partial charge in [0.2, 0.25) is 0 Å². The summed E-state index contributed by atoms with van der Waals surface area (Å²) >= 11 is 0. The van der Waals surface area contributed by atoms with Crippen LogP contribution in [0.1, 0.15) is 5.56 Å². The van der Waals surface area contributed by atoms with Gasteiger partial charge in [-0.2, -0.15) is 0 Å². The Morgan fingerprint density at radius 2 is 2.11 bits per heavy atom. The minimum atomic E-state index is -0.489. The maximum absolute atomic E-state index is 11.6. The van der Waals surface area contributed by atoms with Crippen molar-refractivity contribution >= 4 is 11.4 Å². The van der Waals surface area contributed by atoms with Gasteiger partial charge in [-0.25, -0.2) is 0 Å². The number of anilines is 1. The zero-order valence-corrected chi connectivity index (χ0v) is 9.95.